The molecule has 0 aliphatic heterocycles. The number of aryl methyl sites for hydroxylation is 2. The van der Waals surface area contributed by atoms with Gasteiger partial charge in [0.05, 0.1) is 5.52 Å². The Hall–Kier alpha value is -1.40. The van der Waals surface area contributed by atoms with Crippen molar-refractivity contribution < 1.29 is 0 Å². The topological polar surface area (TPSA) is 72.9 Å². The van der Waals surface area contributed by atoms with Crippen molar-refractivity contribution in [3.05, 3.63) is 20.8 Å². The van der Waals surface area contributed by atoms with Gasteiger partial charge in [-0.1, -0.05) is 19.3 Å². The molecule has 0 atom stereocenters. The number of thiophene rings is 1. The number of hydrazine groups is 1. The number of aromatic nitrogens is 2. The van der Waals surface area contributed by atoms with E-state index in [9.17, 15) is 4.79 Å². The lowest BCUT2D eigenvalue weighted by atomic mass is 9.95. The average Bonchev–Trinajstić information content (AvgIpc) is 2.94. The number of hydrogen-bond acceptors (Lipinski definition) is 5. The first-order chi connectivity index (χ1) is 10.8. The highest BCUT2D eigenvalue weighted by molar-refractivity contribution is 7.19. The van der Waals surface area contributed by atoms with Crippen LogP contribution in [0, 0.1) is 0 Å². The van der Waals surface area contributed by atoms with Gasteiger partial charge in [0, 0.05) is 10.9 Å². The maximum atomic E-state index is 13.1. The van der Waals surface area contributed by atoms with Gasteiger partial charge in [0.15, 0.2) is 0 Å². The molecule has 22 heavy (non-hydrogen) atoms. The number of fused-ring (bicyclic) bond motifs is 3. The van der Waals surface area contributed by atoms with Crippen LogP contribution in [0.5, 0.6) is 0 Å². The summed E-state index contributed by atoms with van der Waals surface area (Å²) < 4.78 is 2.65. The number of nitrogens with one attached hydrogen (secondary N) is 1. The van der Waals surface area contributed by atoms with Gasteiger partial charge in [-0.3, -0.25) is 14.8 Å². The summed E-state index contributed by atoms with van der Waals surface area (Å²) in [5.74, 6) is 6.23. The lowest BCUT2D eigenvalue weighted by Gasteiger charge is -2.25. The van der Waals surface area contributed by atoms with Crippen molar-refractivity contribution in [2.75, 3.05) is 5.43 Å². The van der Waals surface area contributed by atoms with E-state index in [4.69, 9.17) is 10.8 Å². The molecule has 1 fully saturated rings. The third-order valence-corrected chi connectivity index (χ3v) is 6.34. The second-order valence-corrected chi connectivity index (χ2v) is 7.54. The SMILES string of the molecule is NNc1nc2c3c(sc2c(=O)n1C1CCCCC1)CCCC3. The maximum absolute atomic E-state index is 13.1. The normalized spacial score (nSPS) is 19.3. The molecule has 0 spiro atoms. The van der Waals surface area contributed by atoms with Gasteiger partial charge in [0.25, 0.3) is 5.56 Å². The first-order valence-corrected chi connectivity index (χ1v) is 9.14. The third-order valence-electron chi connectivity index (χ3n) is 5.07. The molecule has 4 rings (SSSR count). The zero-order valence-corrected chi connectivity index (χ0v) is 13.5. The summed E-state index contributed by atoms with van der Waals surface area (Å²) in [5.41, 5.74) is 4.96. The van der Waals surface area contributed by atoms with Gasteiger partial charge in [-0.2, -0.15) is 0 Å². The molecule has 0 aromatic carbocycles. The third kappa shape index (κ3) is 2.16. The zero-order valence-electron chi connectivity index (χ0n) is 12.7. The Morgan fingerprint density at radius 1 is 1.14 bits per heavy atom. The highest BCUT2D eigenvalue weighted by Gasteiger charge is 2.25. The number of nitrogens with two attached hydrogens (primary N) is 1. The van der Waals surface area contributed by atoms with Gasteiger partial charge >= 0.3 is 0 Å². The van der Waals surface area contributed by atoms with E-state index in [1.807, 2.05) is 4.57 Å². The molecular weight excluding hydrogens is 296 g/mol. The molecule has 6 heteroatoms. The van der Waals surface area contributed by atoms with Gasteiger partial charge in [-0.15, -0.1) is 11.3 Å². The van der Waals surface area contributed by atoms with Crippen molar-refractivity contribution in [2.24, 2.45) is 5.84 Å². The lowest BCUT2D eigenvalue weighted by Crippen LogP contribution is -2.31. The molecule has 2 aromatic rings. The van der Waals surface area contributed by atoms with Crippen LogP contribution in [0.3, 0.4) is 0 Å². The van der Waals surface area contributed by atoms with E-state index in [0.29, 0.717) is 5.95 Å². The quantitative estimate of drug-likeness (QED) is 0.659. The fourth-order valence-electron chi connectivity index (χ4n) is 3.96. The first kappa shape index (κ1) is 14.2. The number of rotatable bonds is 2. The van der Waals surface area contributed by atoms with Crippen LogP contribution in [0.4, 0.5) is 5.95 Å². The maximum Gasteiger partial charge on any atom is 0.273 e. The van der Waals surface area contributed by atoms with Crippen LogP contribution < -0.4 is 16.8 Å². The zero-order chi connectivity index (χ0) is 15.1. The predicted molar refractivity (Wildman–Crippen MR) is 90.5 cm³/mol. The summed E-state index contributed by atoms with van der Waals surface area (Å²) in [4.78, 5) is 19.2. The Morgan fingerprint density at radius 3 is 2.68 bits per heavy atom. The Morgan fingerprint density at radius 2 is 1.91 bits per heavy atom. The summed E-state index contributed by atoms with van der Waals surface area (Å²) in [7, 11) is 0. The molecule has 5 nitrogen and oxygen atoms in total. The second-order valence-electron chi connectivity index (χ2n) is 6.44. The fraction of sp³-hybridized carbons (Fsp3) is 0.625. The Labute approximate surface area is 133 Å². The standard InChI is InChI=1S/C16H22N4OS/c17-19-16-18-13-11-8-4-5-9-12(11)22-14(13)15(21)20(16)10-6-2-1-3-7-10/h10H,1-9,17H2,(H,18,19). The summed E-state index contributed by atoms with van der Waals surface area (Å²) in [6, 6.07) is 0.239. The summed E-state index contributed by atoms with van der Waals surface area (Å²) in [6.45, 7) is 0. The van der Waals surface area contributed by atoms with Crippen molar-refractivity contribution in [2.45, 2.75) is 63.8 Å². The monoisotopic (exact) mass is 318 g/mol. The van der Waals surface area contributed by atoms with E-state index >= 15 is 0 Å². The molecule has 2 aliphatic rings. The van der Waals surface area contributed by atoms with Crippen LogP contribution >= 0.6 is 11.3 Å². The molecule has 3 N–H and O–H groups in total. The Bertz CT molecular complexity index is 758. The molecule has 0 saturated heterocycles. The minimum Gasteiger partial charge on any atom is -0.294 e. The molecule has 0 amide bonds. The van der Waals surface area contributed by atoms with Crippen molar-refractivity contribution in [3.8, 4) is 0 Å². The second kappa shape index (κ2) is 5.66. The fourth-order valence-corrected chi connectivity index (χ4v) is 5.22. The smallest absolute Gasteiger partial charge is 0.273 e. The van der Waals surface area contributed by atoms with Crippen LogP contribution in [0.15, 0.2) is 4.79 Å². The number of hydrogen-bond donors (Lipinski definition) is 2. The van der Waals surface area contributed by atoms with E-state index < -0.39 is 0 Å². The number of anilines is 1. The molecule has 118 valence electrons. The average molecular weight is 318 g/mol. The Balaban J connectivity index is 1.93. The van der Waals surface area contributed by atoms with Crippen molar-refractivity contribution >= 4 is 27.5 Å². The number of nitrogens with zero attached hydrogens (tertiary/aromatic N) is 2. The van der Waals surface area contributed by atoms with Crippen LogP contribution in [-0.2, 0) is 12.8 Å². The van der Waals surface area contributed by atoms with Crippen molar-refractivity contribution in [1.82, 2.24) is 9.55 Å². The molecule has 0 bridgehead atoms. The van der Waals surface area contributed by atoms with Crippen LogP contribution in [-0.4, -0.2) is 9.55 Å². The molecule has 2 aromatic heterocycles. The lowest BCUT2D eigenvalue weighted by molar-refractivity contribution is 0.348. The minimum atomic E-state index is 0.101. The molecule has 2 heterocycles. The molecular formula is C16H22N4OS. The number of nitrogen functional groups attached to an aromatic ring is 1. The molecule has 2 aliphatic carbocycles. The molecule has 0 radical (unpaired) electrons. The minimum absolute atomic E-state index is 0.101. The van der Waals surface area contributed by atoms with Gasteiger partial charge in [-0.05, 0) is 44.1 Å². The van der Waals surface area contributed by atoms with E-state index in [-0.39, 0.29) is 11.6 Å². The van der Waals surface area contributed by atoms with Crippen LogP contribution in [0.1, 0.15) is 61.4 Å². The van der Waals surface area contributed by atoms with E-state index in [0.717, 1.165) is 35.9 Å². The van der Waals surface area contributed by atoms with Crippen molar-refractivity contribution in [3.63, 3.8) is 0 Å². The highest BCUT2D eigenvalue weighted by Crippen LogP contribution is 2.36. The molecule has 1 saturated carbocycles. The largest absolute Gasteiger partial charge is 0.294 e. The van der Waals surface area contributed by atoms with Gasteiger partial charge in [0.2, 0.25) is 5.95 Å². The van der Waals surface area contributed by atoms with Gasteiger partial charge < -0.3 is 0 Å². The van der Waals surface area contributed by atoms with Gasteiger partial charge in [0.1, 0.15) is 4.70 Å². The summed E-state index contributed by atoms with van der Waals surface area (Å²) in [5, 5.41) is 0. The predicted octanol–water partition coefficient (Wildman–Crippen LogP) is 3.13. The van der Waals surface area contributed by atoms with E-state index in [2.05, 4.69) is 5.43 Å². The van der Waals surface area contributed by atoms with Crippen LogP contribution in [0.2, 0.25) is 0 Å². The highest BCUT2D eigenvalue weighted by atomic mass is 32.1. The molecule has 0 unspecified atom stereocenters. The van der Waals surface area contributed by atoms with E-state index in [1.165, 1.54) is 42.5 Å². The van der Waals surface area contributed by atoms with Crippen molar-refractivity contribution in [1.29, 1.82) is 0 Å². The Kier molecular flexibility index (Phi) is 3.66. The van der Waals surface area contributed by atoms with Crippen LogP contribution in [0.25, 0.3) is 10.2 Å². The van der Waals surface area contributed by atoms with Gasteiger partial charge in [-0.25, -0.2) is 10.8 Å². The first-order valence-electron chi connectivity index (χ1n) is 8.33. The summed E-state index contributed by atoms with van der Waals surface area (Å²) in [6.07, 6.45) is 10.3. The summed E-state index contributed by atoms with van der Waals surface area (Å²) >= 11 is 1.66. The van der Waals surface area contributed by atoms with E-state index in [1.54, 1.807) is 11.3 Å².